The summed E-state index contributed by atoms with van der Waals surface area (Å²) in [6, 6.07) is 4.69. The van der Waals surface area contributed by atoms with Crippen LogP contribution in [0.3, 0.4) is 0 Å². The molecule has 3 rings (SSSR count). The lowest BCUT2D eigenvalue weighted by Gasteiger charge is -2.25. The van der Waals surface area contributed by atoms with Crippen LogP contribution < -0.4 is 10.5 Å². The predicted molar refractivity (Wildman–Crippen MR) is 68.3 cm³/mol. The van der Waals surface area contributed by atoms with Crippen molar-refractivity contribution in [3.05, 3.63) is 53.2 Å². The maximum atomic E-state index is 13.3. The smallest absolute Gasteiger partial charge is 0.237 e. The van der Waals surface area contributed by atoms with Crippen molar-refractivity contribution >= 4 is 0 Å². The lowest BCUT2D eigenvalue weighted by atomic mass is 9.89. The van der Waals surface area contributed by atoms with E-state index in [-0.39, 0.29) is 5.82 Å². The molecular weight excluding hydrogens is 245 g/mol. The minimum absolute atomic E-state index is 0.242. The summed E-state index contributed by atoms with van der Waals surface area (Å²) in [5.74, 6) is 0.177. The van der Waals surface area contributed by atoms with Crippen molar-refractivity contribution in [3.8, 4) is 5.88 Å². The number of nitrogens with two attached hydrogens (primary N) is 1. The van der Waals surface area contributed by atoms with E-state index in [9.17, 15) is 4.39 Å². The molecule has 1 aromatic carbocycles. The average Bonchev–Trinajstić information content (AvgIpc) is 2.77. The largest absolute Gasteiger partial charge is 0.480 e. The van der Waals surface area contributed by atoms with Gasteiger partial charge in [0.25, 0.3) is 0 Å². The van der Waals surface area contributed by atoms with E-state index in [0.717, 1.165) is 17.5 Å². The van der Waals surface area contributed by atoms with Gasteiger partial charge in [-0.15, -0.1) is 0 Å². The van der Waals surface area contributed by atoms with Gasteiger partial charge >= 0.3 is 0 Å². The maximum Gasteiger partial charge on any atom is 0.237 e. The van der Waals surface area contributed by atoms with Gasteiger partial charge in [-0.1, -0.05) is 6.07 Å². The van der Waals surface area contributed by atoms with Gasteiger partial charge in [0.1, 0.15) is 11.5 Å². The summed E-state index contributed by atoms with van der Waals surface area (Å²) in [5, 5.41) is 0. The average molecular weight is 259 g/mol. The number of hydrogen-bond acceptors (Lipinski definition) is 4. The second-order valence-corrected chi connectivity index (χ2v) is 4.69. The van der Waals surface area contributed by atoms with Gasteiger partial charge in [-0.2, -0.15) is 0 Å². The molecule has 0 fully saturated rings. The Bertz CT molecular complexity index is 632. The van der Waals surface area contributed by atoms with E-state index >= 15 is 0 Å². The minimum Gasteiger partial charge on any atom is -0.480 e. The molecular formula is C14H14FN3O. The zero-order valence-corrected chi connectivity index (χ0v) is 10.6. The topological polar surface area (TPSA) is 61.0 Å². The first-order chi connectivity index (χ1) is 9.15. The first-order valence-electron chi connectivity index (χ1n) is 6.08. The monoisotopic (exact) mass is 259 g/mol. The van der Waals surface area contributed by atoms with E-state index in [1.165, 1.54) is 19.2 Å². The van der Waals surface area contributed by atoms with E-state index in [0.29, 0.717) is 18.0 Å². The Morgan fingerprint density at radius 3 is 2.89 bits per heavy atom. The summed E-state index contributed by atoms with van der Waals surface area (Å²) >= 11 is 0. The highest BCUT2D eigenvalue weighted by Gasteiger charge is 2.40. The van der Waals surface area contributed by atoms with Crippen molar-refractivity contribution in [1.82, 2.24) is 9.97 Å². The maximum absolute atomic E-state index is 13.3. The fourth-order valence-corrected chi connectivity index (χ4v) is 2.70. The first-order valence-corrected chi connectivity index (χ1v) is 6.08. The summed E-state index contributed by atoms with van der Waals surface area (Å²) < 4.78 is 18.5. The lowest BCUT2D eigenvalue weighted by Crippen LogP contribution is -2.37. The predicted octanol–water partition coefficient (Wildman–Crippen LogP) is 1.77. The number of fused-ring (bicyclic) bond motifs is 1. The SMILES string of the molecule is COc1nccnc1C1(N)CCc2cc(F)ccc21. The van der Waals surface area contributed by atoms with Gasteiger partial charge in [0, 0.05) is 12.4 Å². The first kappa shape index (κ1) is 12.0. The quantitative estimate of drug-likeness (QED) is 0.893. The van der Waals surface area contributed by atoms with Crippen molar-refractivity contribution in [3.63, 3.8) is 0 Å². The molecule has 98 valence electrons. The fourth-order valence-electron chi connectivity index (χ4n) is 2.70. The third-order valence-electron chi connectivity index (χ3n) is 3.62. The van der Waals surface area contributed by atoms with E-state index in [1.54, 1.807) is 18.5 Å². The Hall–Kier alpha value is -2.01. The second-order valence-electron chi connectivity index (χ2n) is 4.69. The van der Waals surface area contributed by atoms with Crippen LogP contribution in [0.15, 0.2) is 30.6 Å². The summed E-state index contributed by atoms with van der Waals surface area (Å²) in [6.45, 7) is 0. The number of ether oxygens (including phenoxy) is 1. The van der Waals surface area contributed by atoms with Crippen LogP contribution in [0.2, 0.25) is 0 Å². The van der Waals surface area contributed by atoms with Gasteiger partial charge in [0.2, 0.25) is 5.88 Å². The molecule has 5 heteroatoms. The molecule has 1 atom stereocenters. The van der Waals surface area contributed by atoms with Crippen molar-refractivity contribution in [2.45, 2.75) is 18.4 Å². The highest BCUT2D eigenvalue weighted by Crippen LogP contribution is 2.41. The number of nitrogens with zero attached hydrogens (tertiary/aromatic N) is 2. The normalized spacial score (nSPS) is 21.2. The van der Waals surface area contributed by atoms with Crippen LogP contribution in [0, 0.1) is 5.82 Å². The molecule has 0 bridgehead atoms. The number of halogens is 1. The Morgan fingerprint density at radius 1 is 1.32 bits per heavy atom. The van der Waals surface area contributed by atoms with Gasteiger partial charge in [0.15, 0.2) is 0 Å². The van der Waals surface area contributed by atoms with E-state index in [1.807, 2.05) is 0 Å². The van der Waals surface area contributed by atoms with Crippen LogP contribution in [0.25, 0.3) is 0 Å². The van der Waals surface area contributed by atoms with Gasteiger partial charge < -0.3 is 10.5 Å². The number of aryl methyl sites for hydroxylation is 1. The molecule has 1 heterocycles. The number of rotatable bonds is 2. The highest BCUT2D eigenvalue weighted by atomic mass is 19.1. The van der Waals surface area contributed by atoms with Gasteiger partial charge in [-0.05, 0) is 36.1 Å². The number of aromatic nitrogens is 2. The fraction of sp³-hybridized carbons (Fsp3) is 0.286. The van der Waals surface area contributed by atoms with Crippen LogP contribution in [-0.2, 0) is 12.0 Å². The number of hydrogen-bond donors (Lipinski definition) is 1. The van der Waals surface area contributed by atoms with Crippen molar-refractivity contribution in [1.29, 1.82) is 0 Å². The van der Waals surface area contributed by atoms with Crippen molar-refractivity contribution < 1.29 is 9.13 Å². The third-order valence-corrected chi connectivity index (χ3v) is 3.62. The van der Waals surface area contributed by atoms with E-state index in [2.05, 4.69) is 9.97 Å². The van der Waals surface area contributed by atoms with Gasteiger partial charge in [-0.3, -0.25) is 4.98 Å². The lowest BCUT2D eigenvalue weighted by molar-refractivity contribution is 0.371. The molecule has 2 N–H and O–H groups in total. The molecule has 0 spiro atoms. The Labute approximate surface area is 110 Å². The Morgan fingerprint density at radius 2 is 2.11 bits per heavy atom. The van der Waals surface area contributed by atoms with Crippen LogP contribution in [0.1, 0.15) is 23.2 Å². The Kier molecular flexibility index (Phi) is 2.71. The van der Waals surface area contributed by atoms with Crippen LogP contribution in [-0.4, -0.2) is 17.1 Å². The molecule has 1 aliphatic rings. The summed E-state index contributed by atoms with van der Waals surface area (Å²) in [6.07, 6.45) is 4.55. The summed E-state index contributed by atoms with van der Waals surface area (Å²) in [5.41, 5.74) is 8.17. The van der Waals surface area contributed by atoms with Crippen LogP contribution in [0.4, 0.5) is 4.39 Å². The highest BCUT2D eigenvalue weighted by molar-refractivity contribution is 5.47. The minimum atomic E-state index is -0.761. The molecule has 0 saturated heterocycles. The van der Waals surface area contributed by atoms with Crippen LogP contribution in [0.5, 0.6) is 5.88 Å². The summed E-state index contributed by atoms with van der Waals surface area (Å²) in [4.78, 5) is 8.46. The molecule has 0 amide bonds. The molecule has 4 nitrogen and oxygen atoms in total. The number of benzene rings is 1. The number of methoxy groups -OCH3 is 1. The molecule has 19 heavy (non-hydrogen) atoms. The molecule has 1 unspecified atom stereocenters. The van der Waals surface area contributed by atoms with E-state index < -0.39 is 5.54 Å². The van der Waals surface area contributed by atoms with Gasteiger partial charge in [0.05, 0.1) is 12.6 Å². The van der Waals surface area contributed by atoms with Gasteiger partial charge in [-0.25, -0.2) is 9.37 Å². The summed E-state index contributed by atoms with van der Waals surface area (Å²) in [7, 11) is 1.54. The molecule has 1 aromatic heterocycles. The third kappa shape index (κ3) is 1.77. The van der Waals surface area contributed by atoms with E-state index in [4.69, 9.17) is 10.5 Å². The zero-order chi connectivity index (χ0) is 13.5. The van der Waals surface area contributed by atoms with Crippen molar-refractivity contribution in [2.75, 3.05) is 7.11 Å². The second kappa shape index (κ2) is 4.28. The molecule has 0 saturated carbocycles. The standard InChI is InChI=1S/C14H14FN3O/c1-19-13-12(17-6-7-18-13)14(16)5-4-9-8-10(15)2-3-11(9)14/h2-3,6-8H,4-5,16H2,1H3. The van der Waals surface area contributed by atoms with Crippen molar-refractivity contribution in [2.24, 2.45) is 5.73 Å². The Balaban J connectivity index is 2.16. The van der Waals surface area contributed by atoms with Crippen LogP contribution >= 0.6 is 0 Å². The zero-order valence-electron chi connectivity index (χ0n) is 10.6. The molecule has 1 aliphatic carbocycles. The molecule has 0 radical (unpaired) electrons. The molecule has 0 aliphatic heterocycles. The molecule has 2 aromatic rings.